The number of carboxylic acids is 1. The molecule has 7 nitrogen and oxygen atoms in total. The van der Waals surface area contributed by atoms with Crippen molar-refractivity contribution in [2.75, 3.05) is 33.9 Å². The lowest BCUT2D eigenvalue weighted by atomic mass is 10.1. The Labute approximate surface area is 127 Å². The number of rotatable bonds is 5. The summed E-state index contributed by atoms with van der Waals surface area (Å²) in [5, 5.41) is 8.65. The van der Waals surface area contributed by atoms with E-state index in [0.717, 1.165) is 4.90 Å². The second-order valence-electron chi connectivity index (χ2n) is 4.67. The molecule has 1 N–H and O–H groups in total. The van der Waals surface area contributed by atoms with Crippen LogP contribution in [0.25, 0.3) is 6.08 Å². The zero-order chi connectivity index (χ0) is 16.1. The molecule has 1 aromatic rings. The number of nitrogens with zero attached hydrogens (tertiary/aromatic N) is 1. The second kappa shape index (κ2) is 6.84. The molecule has 0 unspecified atom stereocenters. The number of methoxy groups -OCH3 is 1. The minimum Gasteiger partial charge on any atom is -0.493 e. The molecule has 1 aromatic carbocycles. The van der Waals surface area contributed by atoms with E-state index in [9.17, 15) is 9.59 Å². The summed E-state index contributed by atoms with van der Waals surface area (Å²) < 4.78 is 16.2. The van der Waals surface area contributed by atoms with E-state index >= 15 is 0 Å². The molecule has 0 saturated heterocycles. The molecular weight excluding hydrogens is 290 g/mol. The van der Waals surface area contributed by atoms with Crippen molar-refractivity contribution >= 4 is 18.0 Å². The first-order valence-electron chi connectivity index (χ1n) is 6.64. The van der Waals surface area contributed by atoms with Gasteiger partial charge in [-0.15, -0.1) is 0 Å². The first kappa shape index (κ1) is 15.7. The Morgan fingerprint density at radius 3 is 2.77 bits per heavy atom. The molecule has 1 amide bonds. The van der Waals surface area contributed by atoms with E-state index < -0.39 is 11.9 Å². The Kier molecular flexibility index (Phi) is 4.88. The smallest absolute Gasteiger partial charge is 0.323 e. The fraction of sp³-hybridized carbons (Fsp3) is 0.333. The van der Waals surface area contributed by atoms with Crippen LogP contribution in [0, 0.1) is 0 Å². The van der Waals surface area contributed by atoms with Crippen molar-refractivity contribution in [3.05, 3.63) is 23.8 Å². The van der Waals surface area contributed by atoms with Gasteiger partial charge in [0, 0.05) is 13.1 Å². The molecule has 2 rings (SSSR count). The third kappa shape index (κ3) is 3.69. The number of likely N-dealkylation sites (N-methyl/N-ethyl adjacent to an activating group) is 1. The Bertz CT molecular complexity index is 593. The number of fused-ring (bicyclic) bond motifs is 1. The molecule has 0 spiro atoms. The number of carbonyl (C=O) groups is 2. The Hall–Kier alpha value is -2.70. The van der Waals surface area contributed by atoms with E-state index in [4.69, 9.17) is 19.3 Å². The van der Waals surface area contributed by atoms with Gasteiger partial charge in [-0.1, -0.05) is 0 Å². The van der Waals surface area contributed by atoms with Crippen molar-refractivity contribution in [1.82, 2.24) is 4.90 Å². The number of ether oxygens (including phenoxy) is 3. The van der Waals surface area contributed by atoms with Gasteiger partial charge in [-0.25, -0.2) is 0 Å². The highest BCUT2D eigenvalue weighted by Gasteiger charge is 2.18. The van der Waals surface area contributed by atoms with E-state index in [1.165, 1.54) is 20.2 Å². The number of amides is 1. The summed E-state index contributed by atoms with van der Waals surface area (Å²) in [6, 6.07) is 3.45. The summed E-state index contributed by atoms with van der Waals surface area (Å²) in [5.41, 5.74) is 0.693. The largest absolute Gasteiger partial charge is 0.493 e. The molecule has 0 bridgehead atoms. The van der Waals surface area contributed by atoms with E-state index in [0.29, 0.717) is 36.0 Å². The summed E-state index contributed by atoms with van der Waals surface area (Å²) in [6.45, 7) is 0.550. The topological polar surface area (TPSA) is 85.3 Å². The fourth-order valence-electron chi connectivity index (χ4n) is 1.97. The van der Waals surface area contributed by atoms with Crippen LogP contribution in [0.5, 0.6) is 17.2 Å². The first-order chi connectivity index (χ1) is 10.5. The molecule has 0 saturated carbocycles. The van der Waals surface area contributed by atoms with Gasteiger partial charge < -0.3 is 24.2 Å². The Balaban J connectivity index is 2.17. The molecule has 0 atom stereocenters. The van der Waals surface area contributed by atoms with Gasteiger partial charge in [0.25, 0.3) is 0 Å². The quantitative estimate of drug-likeness (QED) is 0.818. The van der Waals surface area contributed by atoms with Gasteiger partial charge >= 0.3 is 5.97 Å². The van der Waals surface area contributed by atoms with Crippen molar-refractivity contribution in [2.24, 2.45) is 0 Å². The molecule has 7 heteroatoms. The lowest BCUT2D eigenvalue weighted by Crippen LogP contribution is -2.30. The van der Waals surface area contributed by atoms with Crippen LogP contribution in [0.2, 0.25) is 0 Å². The van der Waals surface area contributed by atoms with Crippen LogP contribution in [0.1, 0.15) is 5.56 Å². The highest BCUT2D eigenvalue weighted by molar-refractivity contribution is 5.93. The maximum absolute atomic E-state index is 11.8. The van der Waals surface area contributed by atoms with Gasteiger partial charge in [0.2, 0.25) is 11.7 Å². The van der Waals surface area contributed by atoms with Crippen LogP contribution in [0.15, 0.2) is 18.2 Å². The fourth-order valence-corrected chi connectivity index (χ4v) is 1.97. The summed E-state index contributed by atoms with van der Waals surface area (Å²) in [5.74, 6) is 0.140. The lowest BCUT2D eigenvalue weighted by Gasteiger charge is -2.21. The predicted octanol–water partition coefficient (Wildman–Crippen LogP) is 1.02. The van der Waals surface area contributed by atoms with E-state index in [1.54, 1.807) is 18.2 Å². The summed E-state index contributed by atoms with van der Waals surface area (Å²) in [4.78, 5) is 23.5. The molecule has 0 aliphatic carbocycles. The van der Waals surface area contributed by atoms with Crippen LogP contribution < -0.4 is 14.2 Å². The third-order valence-electron chi connectivity index (χ3n) is 3.02. The van der Waals surface area contributed by atoms with Crippen LogP contribution in [0.3, 0.4) is 0 Å². The van der Waals surface area contributed by atoms with Crippen molar-refractivity contribution in [3.8, 4) is 17.2 Å². The summed E-state index contributed by atoms with van der Waals surface area (Å²) >= 11 is 0. The zero-order valence-electron chi connectivity index (χ0n) is 12.4. The zero-order valence-corrected chi connectivity index (χ0v) is 12.4. The Morgan fingerprint density at radius 2 is 2.09 bits per heavy atom. The molecule has 1 aliphatic heterocycles. The van der Waals surface area contributed by atoms with Crippen LogP contribution in [-0.4, -0.2) is 55.8 Å². The highest BCUT2D eigenvalue weighted by atomic mass is 16.6. The first-order valence-corrected chi connectivity index (χ1v) is 6.64. The van der Waals surface area contributed by atoms with Gasteiger partial charge in [0.1, 0.15) is 19.8 Å². The van der Waals surface area contributed by atoms with Gasteiger partial charge in [0.15, 0.2) is 11.5 Å². The molecule has 0 radical (unpaired) electrons. The van der Waals surface area contributed by atoms with Gasteiger partial charge in [-0.05, 0) is 23.8 Å². The molecule has 1 aliphatic rings. The Morgan fingerprint density at radius 1 is 1.36 bits per heavy atom. The SMILES string of the molecule is COc1cc(/C=C/C(=O)N(C)CC(=O)O)cc2c1OCCO2. The van der Waals surface area contributed by atoms with Crippen molar-refractivity contribution < 1.29 is 28.9 Å². The van der Waals surface area contributed by atoms with E-state index in [2.05, 4.69) is 0 Å². The van der Waals surface area contributed by atoms with Crippen molar-refractivity contribution in [2.45, 2.75) is 0 Å². The molecule has 118 valence electrons. The number of hydrogen-bond donors (Lipinski definition) is 1. The average Bonchev–Trinajstić information content (AvgIpc) is 2.50. The minimum absolute atomic E-state index is 0.354. The maximum Gasteiger partial charge on any atom is 0.323 e. The monoisotopic (exact) mass is 307 g/mol. The molecule has 0 fully saturated rings. The molecular formula is C15H17NO6. The summed E-state index contributed by atoms with van der Waals surface area (Å²) in [7, 11) is 2.94. The van der Waals surface area contributed by atoms with Crippen molar-refractivity contribution in [3.63, 3.8) is 0 Å². The van der Waals surface area contributed by atoms with Crippen LogP contribution in [0.4, 0.5) is 0 Å². The van der Waals surface area contributed by atoms with E-state index in [-0.39, 0.29) is 6.54 Å². The summed E-state index contributed by atoms with van der Waals surface area (Å²) in [6.07, 6.45) is 2.87. The third-order valence-corrected chi connectivity index (χ3v) is 3.02. The highest BCUT2D eigenvalue weighted by Crippen LogP contribution is 2.40. The maximum atomic E-state index is 11.8. The molecule has 22 heavy (non-hydrogen) atoms. The molecule has 0 aromatic heterocycles. The minimum atomic E-state index is -1.06. The van der Waals surface area contributed by atoms with Crippen LogP contribution in [-0.2, 0) is 9.59 Å². The average molecular weight is 307 g/mol. The number of hydrogen-bond acceptors (Lipinski definition) is 5. The van der Waals surface area contributed by atoms with Crippen LogP contribution >= 0.6 is 0 Å². The van der Waals surface area contributed by atoms with Crippen molar-refractivity contribution in [1.29, 1.82) is 0 Å². The standard InChI is InChI=1S/C15H17NO6/c1-16(9-14(18)19)13(17)4-3-10-7-11(20-2)15-12(8-10)21-5-6-22-15/h3-4,7-8H,5-6,9H2,1-2H3,(H,18,19)/b4-3+. The number of benzene rings is 1. The molecule has 1 heterocycles. The van der Waals surface area contributed by atoms with Gasteiger partial charge in [0.05, 0.1) is 7.11 Å². The normalized spacial score (nSPS) is 13.0. The van der Waals surface area contributed by atoms with Gasteiger partial charge in [-0.3, -0.25) is 9.59 Å². The predicted molar refractivity (Wildman–Crippen MR) is 78.3 cm³/mol. The number of carboxylic acid groups (broad SMARTS) is 1. The van der Waals surface area contributed by atoms with Gasteiger partial charge in [-0.2, -0.15) is 0 Å². The van der Waals surface area contributed by atoms with E-state index in [1.807, 2.05) is 0 Å². The second-order valence-corrected chi connectivity index (χ2v) is 4.67. The number of carbonyl (C=O) groups excluding carboxylic acids is 1. The lowest BCUT2D eigenvalue weighted by molar-refractivity contribution is -0.141. The number of aliphatic carboxylic acids is 1.